The van der Waals surface area contributed by atoms with E-state index in [0.717, 1.165) is 19.3 Å². The Balaban J connectivity index is 4.00. The molecule has 0 saturated heterocycles. The van der Waals surface area contributed by atoms with Crippen LogP contribution in [0.2, 0.25) is 0 Å². The fourth-order valence-corrected chi connectivity index (χ4v) is 2.75. The van der Waals surface area contributed by atoms with Crippen LogP contribution in [0.1, 0.15) is 98.3 Å². The lowest BCUT2D eigenvalue weighted by Gasteiger charge is -2.26. The van der Waals surface area contributed by atoms with Crippen LogP contribution in [0, 0.1) is 0 Å². The Kier molecular flexibility index (Phi) is 15.1. The highest BCUT2D eigenvalue weighted by molar-refractivity contribution is 5.73. The van der Waals surface area contributed by atoms with Crippen molar-refractivity contribution in [3.8, 4) is 0 Å². The first-order valence-electron chi connectivity index (χ1n) is 11.0. The second-order valence-electron chi connectivity index (χ2n) is 8.41. The number of esters is 1. The van der Waals surface area contributed by atoms with Gasteiger partial charge in [0.1, 0.15) is 5.60 Å². The lowest BCUT2D eigenvalue weighted by Crippen LogP contribution is -2.39. The molecule has 7 heteroatoms. The van der Waals surface area contributed by atoms with E-state index < -0.39 is 17.7 Å². The predicted octanol–water partition coefficient (Wildman–Crippen LogP) is 5.16. The largest absolute Gasteiger partial charge is 0.481 e. The second kappa shape index (κ2) is 16.1. The van der Waals surface area contributed by atoms with Gasteiger partial charge in [-0.25, -0.2) is 4.79 Å². The van der Waals surface area contributed by atoms with E-state index in [0.29, 0.717) is 6.61 Å². The standard InChI is InChI=1S/C22H41NO6/c1-5-6-7-8-9-10-11-12-13-18-28-20(26)15-17-23(16-14-19(24)25)21(27)29-22(2,3)4/h5-18H2,1-4H3,(H,24,25). The maximum absolute atomic E-state index is 12.2. The molecule has 0 atom stereocenters. The minimum Gasteiger partial charge on any atom is -0.481 e. The number of carboxylic acid groups (broad SMARTS) is 1. The lowest BCUT2D eigenvalue weighted by molar-refractivity contribution is -0.144. The molecule has 170 valence electrons. The molecule has 0 aliphatic heterocycles. The summed E-state index contributed by atoms with van der Waals surface area (Å²) in [5, 5.41) is 8.84. The van der Waals surface area contributed by atoms with Crippen molar-refractivity contribution in [3.63, 3.8) is 0 Å². The van der Waals surface area contributed by atoms with Gasteiger partial charge in [0.2, 0.25) is 0 Å². The quantitative estimate of drug-likeness (QED) is 0.276. The zero-order valence-corrected chi connectivity index (χ0v) is 18.8. The minimum absolute atomic E-state index is 0.00418. The van der Waals surface area contributed by atoms with Crippen molar-refractivity contribution < 1.29 is 29.0 Å². The predicted molar refractivity (Wildman–Crippen MR) is 113 cm³/mol. The molecule has 0 bridgehead atoms. The first-order valence-corrected chi connectivity index (χ1v) is 11.0. The number of unbranched alkanes of at least 4 members (excludes halogenated alkanes) is 8. The Morgan fingerprint density at radius 3 is 1.86 bits per heavy atom. The molecule has 1 amide bonds. The van der Waals surface area contributed by atoms with Gasteiger partial charge in [0.15, 0.2) is 0 Å². The Bertz CT molecular complexity index is 472. The average Bonchev–Trinajstić information content (AvgIpc) is 2.61. The molecule has 0 aliphatic rings. The van der Waals surface area contributed by atoms with Crippen LogP contribution in [0.4, 0.5) is 4.79 Å². The molecule has 0 aromatic rings. The van der Waals surface area contributed by atoms with Crippen LogP contribution in [0.15, 0.2) is 0 Å². The maximum Gasteiger partial charge on any atom is 0.410 e. The smallest absolute Gasteiger partial charge is 0.410 e. The Labute approximate surface area is 176 Å². The highest BCUT2D eigenvalue weighted by Gasteiger charge is 2.23. The monoisotopic (exact) mass is 415 g/mol. The normalized spacial score (nSPS) is 11.2. The number of hydrogen-bond donors (Lipinski definition) is 1. The number of nitrogens with zero attached hydrogens (tertiary/aromatic N) is 1. The fourth-order valence-electron chi connectivity index (χ4n) is 2.75. The molecule has 0 heterocycles. The van der Waals surface area contributed by atoms with Gasteiger partial charge < -0.3 is 19.5 Å². The van der Waals surface area contributed by atoms with E-state index in [-0.39, 0.29) is 31.9 Å². The summed E-state index contributed by atoms with van der Waals surface area (Å²) in [7, 11) is 0. The third kappa shape index (κ3) is 18.0. The summed E-state index contributed by atoms with van der Waals surface area (Å²) in [6, 6.07) is 0. The number of aliphatic carboxylic acids is 1. The van der Waals surface area contributed by atoms with Crippen LogP contribution >= 0.6 is 0 Å². The number of rotatable bonds is 16. The summed E-state index contributed by atoms with van der Waals surface area (Å²) < 4.78 is 10.5. The third-order valence-electron chi connectivity index (χ3n) is 4.34. The molecule has 0 radical (unpaired) electrons. The first-order chi connectivity index (χ1) is 13.7. The molecule has 0 spiro atoms. The van der Waals surface area contributed by atoms with Crippen molar-refractivity contribution in [2.24, 2.45) is 0 Å². The Morgan fingerprint density at radius 2 is 1.34 bits per heavy atom. The molecule has 0 aromatic heterocycles. The van der Waals surface area contributed by atoms with Gasteiger partial charge in [-0.15, -0.1) is 0 Å². The van der Waals surface area contributed by atoms with Crippen LogP contribution in [0.3, 0.4) is 0 Å². The van der Waals surface area contributed by atoms with Gasteiger partial charge in [0.25, 0.3) is 0 Å². The van der Waals surface area contributed by atoms with Crippen molar-refractivity contribution in [2.45, 2.75) is 104 Å². The van der Waals surface area contributed by atoms with Gasteiger partial charge in [0, 0.05) is 13.1 Å². The molecule has 0 rings (SSSR count). The van der Waals surface area contributed by atoms with Gasteiger partial charge in [0.05, 0.1) is 19.4 Å². The van der Waals surface area contributed by atoms with E-state index in [1.807, 2.05) is 0 Å². The van der Waals surface area contributed by atoms with Crippen LogP contribution in [-0.4, -0.2) is 53.3 Å². The molecule has 0 aliphatic carbocycles. The maximum atomic E-state index is 12.2. The van der Waals surface area contributed by atoms with Gasteiger partial charge in [-0.1, -0.05) is 58.3 Å². The second-order valence-corrected chi connectivity index (χ2v) is 8.41. The molecular formula is C22H41NO6. The molecular weight excluding hydrogens is 374 g/mol. The summed E-state index contributed by atoms with van der Waals surface area (Å²) in [5.41, 5.74) is -0.685. The molecule has 7 nitrogen and oxygen atoms in total. The van der Waals surface area contributed by atoms with E-state index in [1.165, 1.54) is 43.4 Å². The summed E-state index contributed by atoms with van der Waals surface area (Å²) in [5.74, 6) is -1.39. The number of amides is 1. The number of carbonyl (C=O) groups excluding carboxylic acids is 2. The topological polar surface area (TPSA) is 93.1 Å². The van der Waals surface area contributed by atoms with Crippen LogP contribution in [-0.2, 0) is 19.1 Å². The van der Waals surface area contributed by atoms with E-state index >= 15 is 0 Å². The molecule has 0 aromatic carbocycles. The highest BCUT2D eigenvalue weighted by atomic mass is 16.6. The minimum atomic E-state index is -1.01. The van der Waals surface area contributed by atoms with E-state index in [2.05, 4.69) is 6.92 Å². The number of hydrogen-bond acceptors (Lipinski definition) is 5. The zero-order chi connectivity index (χ0) is 22.1. The van der Waals surface area contributed by atoms with E-state index in [1.54, 1.807) is 20.8 Å². The van der Waals surface area contributed by atoms with Crippen molar-refractivity contribution in [3.05, 3.63) is 0 Å². The van der Waals surface area contributed by atoms with Crippen molar-refractivity contribution >= 4 is 18.0 Å². The van der Waals surface area contributed by atoms with Gasteiger partial charge in [-0.3, -0.25) is 9.59 Å². The molecule has 29 heavy (non-hydrogen) atoms. The number of carbonyl (C=O) groups is 3. The average molecular weight is 416 g/mol. The molecule has 0 unspecified atom stereocenters. The van der Waals surface area contributed by atoms with Gasteiger partial charge >= 0.3 is 18.0 Å². The third-order valence-corrected chi connectivity index (χ3v) is 4.34. The molecule has 0 saturated carbocycles. The van der Waals surface area contributed by atoms with Crippen molar-refractivity contribution in [1.82, 2.24) is 4.90 Å². The lowest BCUT2D eigenvalue weighted by atomic mass is 10.1. The van der Waals surface area contributed by atoms with Gasteiger partial charge in [-0.2, -0.15) is 0 Å². The first kappa shape index (κ1) is 27.2. The summed E-state index contributed by atoms with van der Waals surface area (Å²) in [6.45, 7) is 7.89. The molecule has 0 fully saturated rings. The number of carboxylic acids is 1. The van der Waals surface area contributed by atoms with Crippen LogP contribution in [0.5, 0.6) is 0 Å². The van der Waals surface area contributed by atoms with Crippen LogP contribution in [0.25, 0.3) is 0 Å². The van der Waals surface area contributed by atoms with E-state index in [4.69, 9.17) is 14.6 Å². The molecule has 1 N–H and O–H groups in total. The van der Waals surface area contributed by atoms with E-state index in [9.17, 15) is 14.4 Å². The van der Waals surface area contributed by atoms with Crippen LogP contribution < -0.4 is 0 Å². The Morgan fingerprint density at radius 1 is 0.828 bits per heavy atom. The zero-order valence-electron chi connectivity index (χ0n) is 18.8. The summed E-state index contributed by atoms with van der Waals surface area (Å²) in [6.07, 6.45) is 9.96. The Hall–Kier alpha value is -1.79. The number of ether oxygens (including phenoxy) is 2. The summed E-state index contributed by atoms with van der Waals surface area (Å²) >= 11 is 0. The highest BCUT2D eigenvalue weighted by Crippen LogP contribution is 2.12. The van der Waals surface area contributed by atoms with Crippen molar-refractivity contribution in [1.29, 1.82) is 0 Å². The van der Waals surface area contributed by atoms with Crippen molar-refractivity contribution in [2.75, 3.05) is 19.7 Å². The van der Waals surface area contributed by atoms with Gasteiger partial charge in [-0.05, 0) is 27.2 Å². The fraction of sp³-hybridized carbons (Fsp3) is 0.864. The summed E-state index contributed by atoms with van der Waals surface area (Å²) in [4.78, 5) is 36.1. The SMILES string of the molecule is CCCCCCCCCCCOC(=O)CCN(CCC(=O)O)C(=O)OC(C)(C)C.